The van der Waals surface area contributed by atoms with E-state index in [-0.39, 0.29) is 28.9 Å². The summed E-state index contributed by atoms with van der Waals surface area (Å²) in [6.07, 6.45) is 0. The molecule has 1 aliphatic rings. The van der Waals surface area contributed by atoms with Gasteiger partial charge in [-0.3, -0.25) is 4.84 Å². The van der Waals surface area contributed by atoms with E-state index in [0.29, 0.717) is 12.2 Å². The van der Waals surface area contributed by atoms with Crippen LogP contribution in [0.3, 0.4) is 0 Å². The molecule has 1 aliphatic heterocycles. The van der Waals surface area contributed by atoms with Crippen LogP contribution >= 0.6 is 17.0 Å². The van der Waals surface area contributed by atoms with E-state index in [1.807, 2.05) is 26.0 Å². The average molecular weight is 353 g/mol. The van der Waals surface area contributed by atoms with Crippen molar-refractivity contribution < 1.29 is 4.84 Å². The van der Waals surface area contributed by atoms with Gasteiger partial charge in [0.05, 0.1) is 11.6 Å². The van der Waals surface area contributed by atoms with Gasteiger partial charge in [0.15, 0.2) is 5.66 Å². The molecular weight excluding hydrogens is 336 g/mol. The molecule has 8 heteroatoms. The fourth-order valence-corrected chi connectivity index (χ4v) is 1.83. The van der Waals surface area contributed by atoms with Crippen LogP contribution in [0, 0.1) is 11.3 Å². The molecule has 7 nitrogen and oxygen atoms in total. The number of hydroxylamine groups is 2. The van der Waals surface area contributed by atoms with Gasteiger partial charge in [0.25, 0.3) is 0 Å². The number of rotatable bonds is 3. The normalized spacial score (nSPS) is 16.3. The number of guanidine groups is 2. The highest BCUT2D eigenvalue weighted by Crippen LogP contribution is 2.20. The summed E-state index contributed by atoms with van der Waals surface area (Å²) >= 11 is 0. The number of nitrogens with zero attached hydrogens (tertiary/aromatic N) is 4. The van der Waals surface area contributed by atoms with Gasteiger partial charge in [-0.25, -0.2) is 4.99 Å². The predicted octanol–water partition coefficient (Wildman–Crippen LogP) is 1.25. The zero-order valence-corrected chi connectivity index (χ0v) is 13.5. The van der Waals surface area contributed by atoms with Crippen molar-refractivity contribution in [1.82, 2.24) is 5.06 Å². The lowest BCUT2D eigenvalue weighted by molar-refractivity contribution is -0.166. The lowest BCUT2D eigenvalue weighted by Crippen LogP contribution is -2.53. The molecule has 0 saturated carbocycles. The van der Waals surface area contributed by atoms with Crippen LogP contribution in [0.2, 0.25) is 0 Å². The molecule has 0 amide bonds. The Morgan fingerprint density at radius 2 is 1.90 bits per heavy atom. The van der Waals surface area contributed by atoms with Crippen LogP contribution in [-0.2, 0) is 11.4 Å². The number of benzene rings is 1. The van der Waals surface area contributed by atoms with Crippen molar-refractivity contribution in [2.75, 3.05) is 0 Å². The third-order valence-electron chi connectivity index (χ3n) is 2.77. The van der Waals surface area contributed by atoms with E-state index in [0.717, 1.165) is 5.56 Å². The number of nitriles is 1. The standard InChI is InChI=1S/C13H16N6O.BrH/c1-13(2)18-11(15)17-12(16)19(13)20-8-10-5-3-9(7-14)4-6-10;/h3-6H,8H2,1-2H3,(H4,15,16,17,18);1H. The molecule has 0 aromatic heterocycles. The quantitative estimate of drug-likeness (QED) is 0.849. The van der Waals surface area contributed by atoms with E-state index in [1.54, 1.807) is 12.1 Å². The van der Waals surface area contributed by atoms with Crippen LogP contribution in [0.15, 0.2) is 34.3 Å². The Hall–Kier alpha value is -2.11. The van der Waals surface area contributed by atoms with Crippen molar-refractivity contribution >= 4 is 28.9 Å². The highest BCUT2D eigenvalue weighted by Gasteiger charge is 2.33. The molecule has 0 fully saturated rings. The number of nitrogens with two attached hydrogens (primary N) is 2. The molecule has 21 heavy (non-hydrogen) atoms. The summed E-state index contributed by atoms with van der Waals surface area (Å²) in [6.45, 7) is 3.93. The van der Waals surface area contributed by atoms with Crippen LogP contribution in [-0.4, -0.2) is 22.6 Å². The molecule has 0 bridgehead atoms. The number of aliphatic imine (C=N–C) groups is 2. The number of halogens is 1. The molecule has 0 spiro atoms. The molecular formula is C13H17BrN6O. The SMILES string of the molecule is Br.CC1(C)N=C(N)N=C(N)N1OCc1ccc(C#N)cc1. The number of hydrogen-bond donors (Lipinski definition) is 2. The van der Waals surface area contributed by atoms with E-state index >= 15 is 0 Å². The first-order valence-electron chi connectivity index (χ1n) is 6.04. The van der Waals surface area contributed by atoms with Gasteiger partial charge in [-0.05, 0) is 31.5 Å². The van der Waals surface area contributed by atoms with E-state index in [9.17, 15) is 0 Å². The van der Waals surface area contributed by atoms with E-state index < -0.39 is 5.66 Å². The van der Waals surface area contributed by atoms with Crippen LogP contribution in [0.5, 0.6) is 0 Å². The highest BCUT2D eigenvalue weighted by atomic mass is 79.9. The third kappa shape index (κ3) is 3.93. The van der Waals surface area contributed by atoms with Crippen molar-refractivity contribution in [2.45, 2.75) is 26.1 Å². The summed E-state index contributed by atoms with van der Waals surface area (Å²) in [5.41, 5.74) is 12.2. The Bertz CT molecular complexity index is 602. The lowest BCUT2D eigenvalue weighted by atomic mass is 10.2. The van der Waals surface area contributed by atoms with Crippen molar-refractivity contribution in [1.29, 1.82) is 5.26 Å². The molecule has 0 radical (unpaired) electrons. The number of hydrogen-bond acceptors (Lipinski definition) is 7. The minimum absolute atomic E-state index is 0. The van der Waals surface area contributed by atoms with Gasteiger partial charge in [0, 0.05) is 0 Å². The van der Waals surface area contributed by atoms with E-state index in [4.69, 9.17) is 21.6 Å². The molecule has 4 N–H and O–H groups in total. The Morgan fingerprint density at radius 3 is 2.43 bits per heavy atom. The van der Waals surface area contributed by atoms with Gasteiger partial charge < -0.3 is 11.5 Å². The molecule has 1 aromatic carbocycles. The predicted molar refractivity (Wildman–Crippen MR) is 85.4 cm³/mol. The maximum absolute atomic E-state index is 8.74. The molecule has 2 rings (SSSR count). The summed E-state index contributed by atoms with van der Waals surface area (Å²) < 4.78 is 0. The first-order valence-corrected chi connectivity index (χ1v) is 6.04. The monoisotopic (exact) mass is 352 g/mol. The minimum Gasteiger partial charge on any atom is -0.368 e. The maximum atomic E-state index is 8.74. The first-order chi connectivity index (χ1) is 9.42. The fraction of sp³-hybridized carbons (Fsp3) is 0.308. The summed E-state index contributed by atoms with van der Waals surface area (Å²) in [7, 11) is 0. The van der Waals surface area contributed by atoms with Crippen LogP contribution < -0.4 is 11.5 Å². The summed E-state index contributed by atoms with van der Waals surface area (Å²) in [5, 5.41) is 10.2. The minimum atomic E-state index is -0.720. The van der Waals surface area contributed by atoms with Crippen molar-refractivity contribution in [3.8, 4) is 6.07 Å². The van der Waals surface area contributed by atoms with Crippen molar-refractivity contribution in [3.63, 3.8) is 0 Å². The van der Waals surface area contributed by atoms with Gasteiger partial charge in [-0.2, -0.15) is 15.3 Å². The van der Waals surface area contributed by atoms with E-state index in [1.165, 1.54) is 5.06 Å². The smallest absolute Gasteiger partial charge is 0.226 e. The maximum Gasteiger partial charge on any atom is 0.226 e. The average Bonchev–Trinajstić information content (AvgIpc) is 2.37. The Labute approximate surface area is 133 Å². The lowest BCUT2D eigenvalue weighted by Gasteiger charge is -2.36. The fourth-order valence-electron chi connectivity index (χ4n) is 1.83. The van der Waals surface area contributed by atoms with E-state index in [2.05, 4.69) is 16.1 Å². The summed E-state index contributed by atoms with van der Waals surface area (Å²) in [4.78, 5) is 13.7. The summed E-state index contributed by atoms with van der Waals surface area (Å²) in [6, 6.07) is 9.16. The second-order valence-electron chi connectivity index (χ2n) is 4.81. The van der Waals surface area contributed by atoms with Crippen molar-refractivity contribution in [2.24, 2.45) is 21.5 Å². The molecule has 0 saturated heterocycles. The Kier molecular flexibility index (Phi) is 5.29. The molecule has 0 aliphatic carbocycles. The van der Waals surface area contributed by atoms with Gasteiger partial charge in [0.2, 0.25) is 11.9 Å². The highest BCUT2D eigenvalue weighted by molar-refractivity contribution is 8.93. The largest absolute Gasteiger partial charge is 0.368 e. The third-order valence-corrected chi connectivity index (χ3v) is 2.77. The Balaban J connectivity index is 0.00000220. The summed E-state index contributed by atoms with van der Waals surface area (Å²) in [5.74, 6) is 0.293. The van der Waals surface area contributed by atoms with Gasteiger partial charge in [-0.1, -0.05) is 12.1 Å². The van der Waals surface area contributed by atoms with Gasteiger partial charge in [-0.15, -0.1) is 17.0 Å². The van der Waals surface area contributed by atoms with Gasteiger partial charge >= 0.3 is 0 Å². The zero-order valence-electron chi connectivity index (χ0n) is 11.8. The molecule has 1 heterocycles. The van der Waals surface area contributed by atoms with Gasteiger partial charge in [0.1, 0.15) is 6.61 Å². The van der Waals surface area contributed by atoms with Crippen molar-refractivity contribution in [3.05, 3.63) is 35.4 Å². The molecule has 0 atom stereocenters. The first kappa shape index (κ1) is 16.9. The molecule has 112 valence electrons. The molecule has 0 unspecified atom stereocenters. The zero-order chi connectivity index (χ0) is 14.8. The van der Waals surface area contributed by atoms with Crippen LogP contribution in [0.4, 0.5) is 0 Å². The Morgan fingerprint density at radius 1 is 1.29 bits per heavy atom. The van der Waals surface area contributed by atoms with Crippen LogP contribution in [0.25, 0.3) is 0 Å². The second kappa shape index (κ2) is 6.56. The molecule has 1 aromatic rings. The topological polar surface area (TPSA) is 113 Å². The second-order valence-corrected chi connectivity index (χ2v) is 4.81. The van der Waals surface area contributed by atoms with Crippen LogP contribution in [0.1, 0.15) is 25.0 Å².